The van der Waals surface area contributed by atoms with Crippen molar-refractivity contribution in [1.29, 1.82) is 0 Å². The standard InChI is InChI=1S/C16H19N3O3S/c1-13-6-8-15(9-7-13)19(23(2,21)22)12-16(20)18-11-14-5-3-4-10-17-14/h3-10H,11-12H2,1-2H3,(H,18,20). The lowest BCUT2D eigenvalue weighted by atomic mass is 10.2. The lowest BCUT2D eigenvalue weighted by Gasteiger charge is -2.22. The monoisotopic (exact) mass is 333 g/mol. The Bertz CT molecular complexity index is 759. The molecule has 0 bridgehead atoms. The molecule has 0 radical (unpaired) electrons. The van der Waals surface area contributed by atoms with E-state index in [4.69, 9.17) is 0 Å². The van der Waals surface area contributed by atoms with Crippen LogP contribution < -0.4 is 9.62 Å². The van der Waals surface area contributed by atoms with Crippen LogP contribution in [-0.4, -0.2) is 32.1 Å². The molecule has 0 saturated heterocycles. The number of carbonyl (C=O) groups is 1. The van der Waals surface area contributed by atoms with Crippen LogP contribution in [0.15, 0.2) is 48.7 Å². The zero-order chi connectivity index (χ0) is 16.9. The van der Waals surface area contributed by atoms with Gasteiger partial charge in [0, 0.05) is 6.20 Å². The summed E-state index contributed by atoms with van der Waals surface area (Å²) in [5, 5.41) is 2.68. The van der Waals surface area contributed by atoms with Crippen LogP contribution in [0.3, 0.4) is 0 Å². The number of hydrogen-bond donors (Lipinski definition) is 1. The predicted octanol–water partition coefficient (Wildman–Crippen LogP) is 1.47. The SMILES string of the molecule is Cc1ccc(N(CC(=O)NCc2ccccn2)S(C)(=O)=O)cc1. The molecule has 0 aliphatic heterocycles. The van der Waals surface area contributed by atoms with Crippen molar-refractivity contribution in [2.45, 2.75) is 13.5 Å². The van der Waals surface area contributed by atoms with Crippen molar-refractivity contribution in [2.75, 3.05) is 17.1 Å². The van der Waals surface area contributed by atoms with Crippen molar-refractivity contribution in [1.82, 2.24) is 10.3 Å². The summed E-state index contributed by atoms with van der Waals surface area (Å²) >= 11 is 0. The van der Waals surface area contributed by atoms with Gasteiger partial charge in [-0.15, -0.1) is 0 Å². The Morgan fingerprint density at radius 1 is 1.17 bits per heavy atom. The van der Waals surface area contributed by atoms with Gasteiger partial charge in [-0.25, -0.2) is 8.42 Å². The fourth-order valence-electron chi connectivity index (χ4n) is 1.99. The Morgan fingerprint density at radius 3 is 2.43 bits per heavy atom. The molecule has 2 aromatic rings. The fourth-order valence-corrected chi connectivity index (χ4v) is 2.85. The fraction of sp³-hybridized carbons (Fsp3) is 0.250. The van der Waals surface area contributed by atoms with Gasteiger partial charge in [0.1, 0.15) is 6.54 Å². The molecule has 0 saturated carbocycles. The lowest BCUT2D eigenvalue weighted by Crippen LogP contribution is -2.40. The zero-order valence-corrected chi connectivity index (χ0v) is 13.9. The Labute approximate surface area is 136 Å². The third-order valence-corrected chi connectivity index (χ3v) is 4.34. The van der Waals surface area contributed by atoms with Gasteiger partial charge in [-0.3, -0.25) is 14.1 Å². The second kappa shape index (κ2) is 7.23. The topological polar surface area (TPSA) is 79.4 Å². The van der Waals surface area contributed by atoms with Gasteiger partial charge in [0.05, 0.1) is 24.2 Å². The summed E-state index contributed by atoms with van der Waals surface area (Å²) in [7, 11) is -3.55. The van der Waals surface area contributed by atoms with Crippen molar-refractivity contribution in [2.24, 2.45) is 0 Å². The van der Waals surface area contributed by atoms with E-state index in [-0.39, 0.29) is 19.0 Å². The Balaban J connectivity index is 2.06. The number of nitrogens with zero attached hydrogens (tertiary/aromatic N) is 2. The molecule has 7 heteroatoms. The van der Waals surface area contributed by atoms with Crippen LogP contribution >= 0.6 is 0 Å². The van der Waals surface area contributed by atoms with Crippen molar-refractivity contribution < 1.29 is 13.2 Å². The molecule has 122 valence electrons. The molecular weight excluding hydrogens is 314 g/mol. The van der Waals surface area contributed by atoms with E-state index in [0.29, 0.717) is 11.4 Å². The third-order valence-electron chi connectivity index (χ3n) is 3.20. The molecule has 1 N–H and O–H groups in total. The minimum atomic E-state index is -3.55. The molecule has 0 spiro atoms. The summed E-state index contributed by atoms with van der Waals surface area (Å²) in [5.74, 6) is -0.387. The number of aromatic nitrogens is 1. The second-order valence-electron chi connectivity index (χ2n) is 5.20. The van der Waals surface area contributed by atoms with E-state index in [1.165, 1.54) is 0 Å². The summed E-state index contributed by atoms with van der Waals surface area (Å²) < 4.78 is 25.0. The highest BCUT2D eigenvalue weighted by molar-refractivity contribution is 7.92. The molecule has 1 amide bonds. The van der Waals surface area contributed by atoms with Crippen LogP contribution in [0.2, 0.25) is 0 Å². The number of carbonyl (C=O) groups excluding carboxylic acids is 1. The lowest BCUT2D eigenvalue weighted by molar-refractivity contribution is -0.119. The quantitative estimate of drug-likeness (QED) is 0.868. The molecule has 2 rings (SSSR count). The Kier molecular flexibility index (Phi) is 5.33. The van der Waals surface area contributed by atoms with E-state index >= 15 is 0 Å². The normalized spacial score (nSPS) is 11.0. The van der Waals surface area contributed by atoms with E-state index in [0.717, 1.165) is 16.1 Å². The van der Waals surface area contributed by atoms with Crippen LogP contribution in [0.4, 0.5) is 5.69 Å². The van der Waals surface area contributed by atoms with E-state index in [1.54, 1.807) is 42.6 Å². The van der Waals surface area contributed by atoms with Gasteiger partial charge < -0.3 is 5.32 Å². The Morgan fingerprint density at radius 2 is 1.87 bits per heavy atom. The number of pyridine rings is 1. The van der Waals surface area contributed by atoms with Gasteiger partial charge in [-0.2, -0.15) is 0 Å². The van der Waals surface area contributed by atoms with E-state index in [2.05, 4.69) is 10.3 Å². The molecule has 0 aliphatic carbocycles. The van der Waals surface area contributed by atoms with Gasteiger partial charge in [-0.1, -0.05) is 23.8 Å². The third kappa shape index (κ3) is 5.07. The smallest absolute Gasteiger partial charge is 0.241 e. The van der Waals surface area contributed by atoms with Gasteiger partial charge in [0.2, 0.25) is 15.9 Å². The van der Waals surface area contributed by atoms with Crippen molar-refractivity contribution in [3.05, 3.63) is 59.9 Å². The van der Waals surface area contributed by atoms with Crippen molar-refractivity contribution >= 4 is 21.6 Å². The minimum absolute atomic E-state index is 0.255. The van der Waals surface area contributed by atoms with Crippen molar-refractivity contribution in [3.63, 3.8) is 0 Å². The number of sulfonamides is 1. The highest BCUT2D eigenvalue weighted by Crippen LogP contribution is 2.17. The van der Waals surface area contributed by atoms with E-state index < -0.39 is 10.0 Å². The van der Waals surface area contributed by atoms with Gasteiger partial charge >= 0.3 is 0 Å². The molecule has 0 aliphatic rings. The second-order valence-corrected chi connectivity index (χ2v) is 7.11. The summed E-state index contributed by atoms with van der Waals surface area (Å²) in [6, 6.07) is 12.4. The van der Waals surface area contributed by atoms with E-state index in [1.807, 2.05) is 13.0 Å². The molecule has 0 unspecified atom stereocenters. The molecule has 23 heavy (non-hydrogen) atoms. The first-order valence-electron chi connectivity index (χ1n) is 7.07. The summed E-state index contributed by atoms with van der Waals surface area (Å²) in [6.45, 7) is 1.90. The average molecular weight is 333 g/mol. The van der Waals surface area contributed by atoms with Crippen LogP contribution in [0, 0.1) is 6.92 Å². The molecule has 1 aromatic carbocycles. The maximum absolute atomic E-state index is 12.1. The molecule has 6 nitrogen and oxygen atoms in total. The first-order chi connectivity index (χ1) is 10.9. The molecule has 1 heterocycles. The first-order valence-corrected chi connectivity index (χ1v) is 8.92. The van der Waals surface area contributed by atoms with Crippen molar-refractivity contribution in [3.8, 4) is 0 Å². The summed E-state index contributed by atoms with van der Waals surface area (Å²) in [5.41, 5.74) is 2.19. The average Bonchev–Trinajstić information content (AvgIpc) is 2.52. The number of benzene rings is 1. The zero-order valence-electron chi connectivity index (χ0n) is 13.1. The molecule has 1 aromatic heterocycles. The van der Waals surface area contributed by atoms with Crippen LogP contribution in [0.5, 0.6) is 0 Å². The number of anilines is 1. The van der Waals surface area contributed by atoms with Crippen LogP contribution in [-0.2, 0) is 21.4 Å². The molecule has 0 atom stereocenters. The number of amides is 1. The largest absolute Gasteiger partial charge is 0.349 e. The molecule has 0 fully saturated rings. The highest BCUT2D eigenvalue weighted by Gasteiger charge is 2.20. The minimum Gasteiger partial charge on any atom is -0.349 e. The molecular formula is C16H19N3O3S. The number of nitrogens with one attached hydrogen (secondary N) is 1. The maximum Gasteiger partial charge on any atom is 0.241 e. The summed E-state index contributed by atoms with van der Waals surface area (Å²) in [6.07, 6.45) is 2.72. The van der Waals surface area contributed by atoms with Crippen LogP contribution in [0.1, 0.15) is 11.3 Å². The van der Waals surface area contributed by atoms with Gasteiger partial charge in [-0.05, 0) is 31.2 Å². The van der Waals surface area contributed by atoms with E-state index in [9.17, 15) is 13.2 Å². The number of hydrogen-bond acceptors (Lipinski definition) is 4. The Hall–Kier alpha value is -2.41. The number of rotatable bonds is 6. The maximum atomic E-state index is 12.1. The van der Waals surface area contributed by atoms with Gasteiger partial charge in [0.15, 0.2) is 0 Å². The van der Waals surface area contributed by atoms with Gasteiger partial charge in [0.25, 0.3) is 0 Å². The number of aryl methyl sites for hydroxylation is 1. The predicted molar refractivity (Wildman–Crippen MR) is 89.5 cm³/mol. The first kappa shape index (κ1) is 17.0. The highest BCUT2D eigenvalue weighted by atomic mass is 32.2. The van der Waals surface area contributed by atoms with Crippen LogP contribution in [0.25, 0.3) is 0 Å². The summed E-state index contributed by atoms with van der Waals surface area (Å²) in [4.78, 5) is 16.2.